The zero-order valence-electron chi connectivity index (χ0n) is 14.8. The number of carboxylic acid groups (broad SMARTS) is 1. The smallest absolute Gasteiger partial charge is 0.290 e. The Morgan fingerprint density at radius 1 is 1.35 bits per heavy atom. The summed E-state index contributed by atoms with van der Waals surface area (Å²) in [4.78, 5) is 22.8. The number of ether oxygens (including phenoxy) is 1. The number of amides is 1. The second kappa shape index (κ2) is 9.62. The van der Waals surface area contributed by atoms with Crippen LogP contribution in [0.2, 0.25) is 0 Å². The van der Waals surface area contributed by atoms with Crippen molar-refractivity contribution in [3.8, 4) is 0 Å². The number of tetrazole rings is 1. The molecular weight excluding hydrogens is 338 g/mol. The fraction of sp³-hybridized carbons (Fsp3) is 0.471. The van der Waals surface area contributed by atoms with Crippen LogP contribution in [0.15, 0.2) is 36.7 Å². The highest BCUT2D eigenvalue weighted by Gasteiger charge is 2.32. The third-order valence-electron chi connectivity index (χ3n) is 4.08. The van der Waals surface area contributed by atoms with E-state index < -0.39 is 0 Å². The highest BCUT2D eigenvalue weighted by Crippen LogP contribution is 2.28. The molecule has 0 unspecified atom stereocenters. The van der Waals surface area contributed by atoms with Gasteiger partial charge >= 0.3 is 0 Å². The number of carbonyl (C=O) groups excluding carboxylic acids is 1. The molecule has 0 bridgehead atoms. The molecule has 26 heavy (non-hydrogen) atoms. The molecule has 1 saturated heterocycles. The van der Waals surface area contributed by atoms with Crippen molar-refractivity contribution < 1.29 is 19.4 Å². The molecular formula is C17H23N5O4. The minimum Gasteiger partial charge on any atom is -0.483 e. The SMILES string of the molecule is CC(C)[C@H]1CN(C(=O)Cn2cnnn2)C[C@@H](c2ccccc2)O1.O=CO. The molecule has 1 N–H and O–H groups in total. The largest absolute Gasteiger partial charge is 0.483 e. The van der Waals surface area contributed by atoms with Crippen molar-refractivity contribution in [3.05, 3.63) is 42.2 Å². The quantitative estimate of drug-likeness (QED) is 0.809. The Hall–Kier alpha value is -2.81. The van der Waals surface area contributed by atoms with Gasteiger partial charge in [0.15, 0.2) is 0 Å². The Balaban J connectivity index is 0.000000758. The molecule has 1 aromatic carbocycles. The lowest BCUT2D eigenvalue weighted by atomic mass is 10.0. The van der Waals surface area contributed by atoms with E-state index in [1.807, 2.05) is 35.2 Å². The first-order chi connectivity index (χ1) is 12.5. The maximum Gasteiger partial charge on any atom is 0.290 e. The van der Waals surface area contributed by atoms with E-state index in [9.17, 15) is 4.79 Å². The Labute approximate surface area is 151 Å². The average molecular weight is 361 g/mol. The van der Waals surface area contributed by atoms with Gasteiger partial charge in [0.25, 0.3) is 6.47 Å². The van der Waals surface area contributed by atoms with Crippen LogP contribution in [0.25, 0.3) is 0 Å². The summed E-state index contributed by atoms with van der Waals surface area (Å²) >= 11 is 0. The third-order valence-corrected chi connectivity index (χ3v) is 4.08. The maximum atomic E-state index is 12.6. The number of nitrogens with zero attached hydrogens (tertiary/aromatic N) is 5. The monoisotopic (exact) mass is 361 g/mol. The first-order valence-corrected chi connectivity index (χ1v) is 8.32. The maximum absolute atomic E-state index is 12.6. The second-order valence-corrected chi connectivity index (χ2v) is 6.23. The number of benzene rings is 1. The van der Waals surface area contributed by atoms with Crippen molar-refractivity contribution in [2.24, 2.45) is 5.92 Å². The molecule has 0 aliphatic carbocycles. The molecule has 0 saturated carbocycles. The van der Waals surface area contributed by atoms with Crippen LogP contribution in [0.5, 0.6) is 0 Å². The lowest BCUT2D eigenvalue weighted by molar-refractivity contribution is -0.150. The summed E-state index contributed by atoms with van der Waals surface area (Å²) in [7, 11) is 0. The third kappa shape index (κ3) is 5.35. The van der Waals surface area contributed by atoms with Gasteiger partial charge in [0.1, 0.15) is 19.0 Å². The first kappa shape index (κ1) is 19.5. The predicted molar refractivity (Wildman–Crippen MR) is 92.0 cm³/mol. The van der Waals surface area contributed by atoms with Gasteiger partial charge in [-0.3, -0.25) is 9.59 Å². The van der Waals surface area contributed by atoms with E-state index in [0.29, 0.717) is 19.0 Å². The van der Waals surface area contributed by atoms with E-state index in [-0.39, 0.29) is 31.1 Å². The van der Waals surface area contributed by atoms with Gasteiger partial charge in [-0.05, 0) is 21.9 Å². The molecule has 1 aliphatic rings. The molecule has 1 amide bonds. The van der Waals surface area contributed by atoms with E-state index in [1.165, 1.54) is 11.0 Å². The summed E-state index contributed by atoms with van der Waals surface area (Å²) in [5.74, 6) is 0.344. The zero-order chi connectivity index (χ0) is 18.9. The Morgan fingerprint density at radius 2 is 2.04 bits per heavy atom. The molecule has 140 valence electrons. The number of aromatic nitrogens is 4. The highest BCUT2D eigenvalue weighted by atomic mass is 16.5. The van der Waals surface area contributed by atoms with Crippen molar-refractivity contribution in [3.63, 3.8) is 0 Å². The molecule has 0 radical (unpaired) electrons. The molecule has 1 aromatic heterocycles. The van der Waals surface area contributed by atoms with Crippen LogP contribution in [0.3, 0.4) is 0 Å². The summed E-state index contributed by atoms with van der Waals surface area (Å²) in [6.45, 7) is 5.28. The van der Waals surface area contributed by atoms with E-state index in [1.54, 1.807) is 0 Å². The van der Waals surface area contributed by atoms with Gasteiger partial charge in [-0.15, -0.1) is 5.10 Å². The van der Waals surface area contributed by atoms with Crippen molar-refractivity contribution in [2.75, 3.05) is 13.1 Å². The van der Waals surface area contributed by atoms with Gasteiger partial charge < -0.3 is 14.7 Å². The van der Waals surface area contributed by atoms with Crippen LogP contribution in [-0.2, 0) is 20.9 Å². The van der Waals surface area contributed by atoms with Crippen molar-refractivity contribution in [2.45, 2.75) is 32.6 Å². The summed E-state index contributed by atoms with van der Waals surface area (Å²) in [5.41, 5.74) is 1.10. The van der Waals surface area contributed by atoms with Crippen LogP contribution in [0, 0.1) is 5.92 Å². The number of morpholine rings is 1. The van der Waals surface area contributed by atoms with Gasteiger partial charge in [0.2, 0.25) is 5.91 Å². The number of rotatable bonds is 4. The molecule has 3 rings (SSSR count). The molecule has 9 heteroatoms. The standard InChI is InChI=1S/C16H21N5O2.CH2O2/c1-12(2)14-8-20(16(22)10-21-11-17-18-19-21)9-15(23-14)13-6-4-3-5-7-13;2-1-3/h3-7,11-12,14-15H,8-10H2,1-2H3;1H,(H,2,3)/t14-,15+;/m1./s1. The Morgan fingerprint density at radius 3 is 2.62 bits per heavy atom. The molecule has 0 spiro atoms. The number of carbonyl (C=O) groups is 2. The topological polar surface area (TPSA) is 110 Å². The van der Waals surface area contributed by atoms with Gasteiger partial charge in [-0.1, -0.05) is 44.2 Å². The minimum absolute atomic E-state index is 0.00665. The molecule has 1 aliphatic heterocycles. The fourth-order valence-corrected chi connectivity index (χ4v) is 2.70. The van der Waals surface area contributed by atoms with Crippen molar-refractivity contribution >= 4 is 12.4 Å². The van der Waals surface area contributed by atoms with E-state index in [4.69, 9.17) is 14.6 Å². The van der Waals surface area contributed by atoms with Gasteiger partial charge in [-0.2, -0.15) is 0 Å². The summed E-state index contributed by atoms with van der Waals surface area (Å²) in [6.07, 6.45) is 1.37. The Bertz CT molecular complexity index is 678. The van der Waals surface area contributed by atoms with Crippen molar-refractivity contribution in [1.29, 1.82) is 0 Å². The van der Waals surface area contributed by atoms with E-state index in [0.717, 1.165) is 5.56 Å². The molecule has 9 nitrogen and oxygen atoms in total. The van der Waals surface area contributed by atoms with Crippen molar-refractivity contribution in [1.82, 2.24) is 25.1 Å². The van der Waals surface area contributed by atoms with Crippen LogP contribution in [-0.4, -0.2) is 61.8 Å². The van der Waals surface area contributed by atoms with E-state index >= 15 is 0 Å². The summed E-state index contributed by atoms with van der Waals surface area (Å²) in [6, 6.07) is 10.0. The van der Waals surface area contributed by atoms with Crippen LogP contribution < -0.4 is 0 Å². The molecule has 2 aromatic rings. The van der Waals surface area contributed by atoms with Gasteiger partial charge in [0.05, 0.1) is 12.6 Å². The first-order valence-electron chi connectivity index (χ1n) is 8.32. The molecule has 1 fully saturated rings. The normalized spacial score (nSPS) is 19.6. The highest BCUT2D eigenvalue weighted by molar-refractivity contribution is 5.76. The lowest BCUT2D eigenvalue weighted by Crippen LogP contribution is -2.49. The lowest BCUT2D eigenvalue weighted by Gasteiger charge is -2.40. The minimum atomic E-state index is -0.250. The predicted octanol–water partition coefficient (Wildman–Crippen LogP) is 0.999. The average Bonchev–Trinajstić information content (AvgIpc) is 3.15. The Kier molecular flexibility index (Phi) is 7.22. The van der Waals surface area contributed by atoms with E-state index in [2.05, 4.69) is 29.4 Å². The molecule has 2 heterocycles. The molecule has 2 atom stereocenters. The fourth-order valence-electron chi connectivity index (χ4n) is 2.70. The van der Waals surface area contributed by atoms with Gasteiger partial charge in [-0.25, -0.2) is 4.68 Å². The van der Waals surface area contributed by atoms with Crippen LogP contribution in [0.1, 0.15) is 25.5 Å². The van der Waals surface area contributed by atoms with Gasteiger partial charge in [0, 0.05) is 6.54 Å². The van der Waals surface area contributed by atoms with Crippen LogP contribution in [0.4, 0.5) is 0 Å². The summed E-state index contributed by atoms with van der Waals surface area (Å²) < 4.78 is 7.65. The number of hydrogen-bond acceptors (Lipinski definition) is 6. The van der Waals surface area contributed by atoms with Crippen LogP contribution >= 0.6 is 0 Å². The second-order valence-electron chi connectivity index (χ2n) is 6.23. The number of hydrogen-bond donors (Lipinski definition) is 1. The summed E-state index contributed by atoms with van der Waals surface area (Å²) in [5, 5.41) is 17.8. The zero-order valence-corrected chi connectivity index (χ0v) is 14.8.